The molecule has 0 saturated heterocycles. The van der Waals surface area contributed by atoms with Crippen LogP contribution in [0.25, 0.3) is 5.65 Å². The molecule has 0 aromatic carbocycles. The summed E-state index contributed by atoms with van der Waals surface area (Å²) in [5, 5.41) is 9.62. The number of amides is 2. The highest BCUT2D eigenvalue weighted by Crippen LogP contribution is 2.51. The molecule has 42 heavy (non-hydrogen) atoms. The fourth-order valence-electron chi connectivity index (χ4n) is 5.69. The number of nitrogens with one attached hydrogen (secondary N) is 2. The number of nitrogens with zero attached hydrogens (tertiary/aromatic N) is 3. The van der Waals surface area contributed by atoms with Gasteiger partial charge in [0.25, 0.3) is 0 Å². The molecule has 3 aliphatic rings. The van der Waals surface area contributed by atoms with Crippen molar-refractivity contribution in [2.24, 2.45) is 29.6 Å². The fraction of sp³-hybridized carbons (Fsp3) is 0.704. The van der Waals surface area contributed by atoms with Crippen LogP contribution in [0, 0.1) is 29.6 Å². The van der Waals surface area contributed by atoms with E-state index < -0.39 is 85.1 Å². The van der Waals surface area contributed by atoms with Gasteiger partial charge in [0.2, 0.25) is 17.7 Å². The van der Waals surface area contributed by atoms with Gasteiger partial charge in [-0.05, 0) is 55.6 Å². The van der Waals surface area contributed by atoms with Crippen molar-refractivity contribution in [3.63, 3.8) is 0 Å². The zero-order valence-electron chi connectivity index (χ0n) is 22.6. The first-order valence-electron chi connectivity index (χ1n) is 14.0. The lowest BCUT2D eigenvalue weighted by Gasteiger charge is -2.33. The summed E-state index contributed by atoms with van der Waals surface area (Å²) < 4.78 is 107. The van der Waals surface area contributed by atoms with Crippen LogP contribution in [0.5, 0.6) is 0 Å². The Morgan fingerprint density at radius 2 is 1.67 bits per heavy atom. The maximum Gasteiger partial charge on any atom is 0.392 e. The average molecular weight is 610 g/mol. The molecule has 2 N–H and O–H groups in total. The monoisotopic (exact) mass is 609 g/mol. The zero-order valence-corrected chi connectivity index (χ0v) is 22.6. The molecule has 2 amide bonds. The number of alkyl halides is 8. The number of rotatable bonds is 9. The second-order valence-electron chi connectivity index (χ2n) is 12.0. The van der Waals surface area contributed by atoms with Crippen molar-refractivity contribution in [3.05, 3.63) is 29.7 Å². The van der Waals surface area contributed by atoms with Gasteiger partial charge in [-0.15, -0.1) is 0 Å². The maximum atomic E-state index is 13.9. The van der Waals surface area contributed by atoms with Crippen LogP contribution in [0.1, 0.15) is 81.6 Å². The molecule has 2 heterocycles. The maximum absolute atomic E-state index is 13.9. The third-order valence-corrected chi connectivity index (χ3v) is 8.58. The van der Waals surface area contributed by atoms with Gasteiger partial charge in [-0.25, -0.2) is 18.3 Å². The Morgan fingerprint density at radius 1 is 1.02 bits per heavy atom. The number of carbonyl (C=O) groups is 2. The minimum Gasteiger partial charge on any atom is -0.349 e. The lowest BCUT2D eigenvalue weighted by molar-refractivity contribution is -0.174. The molecule has 0 unspecified atom stereocenters. The summed E-state index contributed by atoms with van der Waals surface area (Å²) in [7, 11) is 0. The molecular weight excluding hydrogens is 578 g/mol. The van der Waals surface area contributed by atoms with E-state index in [1.807, 2.05) is 0 Å². The van der Waals surface area contributed by atoms with E-state index in [1.165, 1.54) is 16.9 Å². The number of hydrogen-bond acceptors (Lipinski definition) is 4. The normalized spacial score (nSPS) is 25.1. The second kappa shape index (κ2) is 10.9. The zero-order chi connectivity index (χ0) is 30.6. The van der Waals surface area contributed by atoms with Crippen molar-refractivity contribution >= 4 is 17.5 Å². The first kappa shape index (κ1) is 30.5. The molecular formula is C27H31F8N5O2. The van der Waals surface area contributed by atoms with Crippen LogP contribution in [-0.4, -0.2) is 44.7 Å². The topological polar surface area (TPSA) is 88.4 Å². The molecule has 0 aliphatic heterocycles. The van der Waals surface area contributed by atoms with E-state index in [9.17, 15) is 44.7 Å². The average Bonchev–Trinajstić information content (AvgIpc) is 3.80. The van der Waals surface area contributed by atoms with Crippen molar-refractivity contribution in [3.8, 4) is 0 Å². The summed E-state index contributed by atoms with van der Waals surface area (Å²) in [6, 6.07) is 0.0818. The van der Waals surface area contributed by atoms with E-state index in [0.717, 1.165) is 19.8 Å². The van der Waals surface area contributed by atoms with Crippen LogP contribution in [-0.2, 0) is 9.59 Å². The molecule has 3 aliphatic carbocycles. The van der Waals surface area contributed by atoms with Gasteiger partial charge in [-0.2, -0.15) is 31.4 Å². The van der Waals surface area contributed by atoms with E-state index in [4.69, 9.17) is 0 Å². The van der Waals surface area contributed by atoms with Crippen LogP contribution in [0.4, 0.5) is 35.1 Å². The third-order valence-electron chi connectivity index (χ3n) is 8.58. The standard InChI is InChI=1S/C27H31F8N5O2/c1-13(26(30,31)32)8-21(41)38-22(14-2-3-14)16-9-20-37-19(12-40(20)36-11-16)23(15-4-6-25(28,29)7-5-15)39-24(42)17-10-18(17)27(33,34)35/h9,11-15,17-18,22-23H,2-8,10H2,1H3,(H,38,41)(H,39,42)/t13-,17+,18+,22+,23-/m0/s1. The molecule has 3 fully saturated rings. The highest BCUT2D eigenvalue weighted by atomic mass is 19.4. The van der Waals surface area contributed by atoms with Crippen LogP contribution in [0.3, 0.4) is 0 Å². The summed E-state index contributed by atoms with van der Waals surface area (Å²) in [6.07, 6.45) is -6.44. The molecule has 2 aromatic heterocycles. The van der Waals surface area contributed by atoms with Crippen LogP contribution < -0.4 is 10.6 Å². The Balaban J connectivity index is 1.36. The summed E-state index contributed by atoms with van der Waals surface area (Å²) in [6.45, 7) is 0.931. The van der Waals surface area contributed by atoms with Crippen molar-refractivity contribution in [1.29, 1.82) is 0 Å². The van der Waals surface area contributed by atoms with Crippen molar-refractivity contribution in [2.45, 2.75) is 88.6 Å². The molecule has 5 atom stereocenters. The predicted octanol–water partition coefficient (Wildman–Crippen LogP) is 6.07. The summed E-state index contributed by atoms with van der Waals surface area (Å²) in [5.74, 6) is -9.72. The molecule has 232 valence electrons. The molecule has 5 rings (SSSR count). The molecule has 0 radical (unpaired) electrons. The fourth-order valence-corrected chi connectivity index (χ4v) is 5.69. The molecule has 0 bridgehead atoms. The van der Waals surface area contributed by atoms with Crippen molar-refractivity contribution in [1.82, 2.24) is 25.2 Å². The Labute approximate surface area is 235 Å². The second-order valence-corrected chi connectivity index (χ2v) is 12.0. The SMILES string of the molecule is C[C@@H](CC(=O)N[C@@H](c1cnn2cc([C@@H](NC(=O)[C@@H]3C[C@H]3C(F)(F)F)C3CCC(F)(F)CC3)nc2c1)C1CC1)C(F)(F)F. The highest BCUT2D eigenvalue weighted by molar-refractivity contribution is 5.82. The number of halogens is 8. The quantitative estimate of drug-likeness (QED) is 0.338. The van der Waals surface area contributed by atoms with E-state index in [-0.39, 0.29) is 36.5 Å². The molecule has 3 saturated carbocycles. The minimum atomic E-state index is -4.51. The largest absolute Gasteiger partial charge is 0.392 e. The summed E-state index contributed by atoms with van der Waals surface area (Å²) >= 11 is 0. The third kappa shape index (κ3) is 6.96. The van der Waals surface area contributed by atoms with Gasteiger partial charge in [0.05, 0.1) is 47.9 Å². The van der Waals surface area contributed by atoms with Crippen LogP contribution >= 0.6 is 0 Å². The number of hydrogen-bond donors (Lipinski definition) is 2. The van der Waals surface area contributed by atoms with Gasteiger partial charge in [0.1, 0.15) is 0 Å². The first-order valence-corrected chi connectivity index (χ1v) is 14.0. The molecule has 2 aromatic rings. The smallest absolute Gasteiger partial charge is 0.349 e. The minimum absolute atomic E-state index is 0.00453. The number of imidazole rings is 1. The Kier molecular flexibility index (Phi) is 7.92. The van der Waals surface area contributed by atoms with Gasteiger partial charge < -0.3 is 10.6 Å². The van der Waals surface area contributed by atoms with Gasteiger partial charge >= 0.3 is 12.4 Å². The van der Waals surface area contributed by atoms with Gasteiger partial charge in [-0.3, -0.25) is 9.59 Å². The van der Waals surface area contributed by atoms with Gasteiger partial charge in [0, 0.05) is 19.3 Å². The van der Waals surface area contributed by atoms with Crippen LogP contribution in [0.2, 0.25) is 0 Å². The number of fused-ring (bicyclic) bond motifs is 1. The Bertz CT molecular complexity index is 1310. The van der Waals surface area contributed by atoms with Crippen molar-refractivity contribution < 1.29 is 44.7 Å². The highest BCUT2D eigenvalue weighted by Gasteiger charge is 2.59. The molecule has 0 spiro atoms. The number of carbonyl (C=O) groups excluding carboxylic acids is 2. The lowest BCUT2D eigenvalue weighted by atomic mass is 9.81. The first-order chi connectivity index (χ1) is 19.5. The lowest BCUT2D eigenvalue weighted by Crippen LogP contribution is -2.38. The van der Waals surface area contributed by atoms with Gasteiger partial charge in [0.15, 0.2) is 5.65 Å². The Hall–Kier alpha value is -3.00. The van der Waals surface area contributed by atoms with E-state index in [1.54, 1.807) is 6.07 Å². The van der Waals surface area contributed by atoms with E-state index >= 15 is 0 Å². The number of aromatic nitrogens is 3. The Morgan fingerprint density at radius 3 is 2.24 bits per heavy atom. The molecule has 7 nitrogen and oxygen atoms in total. The van der Waals surface area contributed by atoms with Crippen molar-refractivity contribution in [2.75, 3.05) is 0 Å². The molecule has 15 heteroatoms. The van der Waals surface area contributed by atoms with Gasteiger partial charge in [-0.1, -0.05) is 6.92 Å². The van der Waals surface area contributed by atoms with Crippen LogP contribution in [0.15, 0.2) is 18.5 Å². The van der Waals surface area contributed by atoms with E-state index in [2.05, 4.69) is 20.7 Å². The van der Waals surface area contributed by atoms with E-state index in [0.29, 0.717) is 5.56 Å². The summed E-state index contributed by atoms with van der Waals surface area (Å²) in [4.78, 5) is 29.7. The summed E-state index contributed by atoms with van der Waals surface area (Å²) in [5.41, 5.74) is 1.03. The predicted molar refractivity (Wildman–Crippen MR) is 132 cm³/mol.